The topological polar surface area (TPSA) is 59.4 Å². The Bertz CT molecular complexity index is 1240. The van der Waals surface area contributed by atoms with Crippen LogP contribution >= 0.6 is 34.8 Å². The molecule has 3 aromatic rings. The van der Waals surface area contributed by atoms with Crippen LogP contribution in [0.2, 0.25) is 40.8 Å². The maximum atomic E-state index is 13.6. The standard InChI is InChI=1S/C27H33Cl3N4O2Si/c1-37(2,3)16-15-36-18-34-25(19-7-9-20(28)10-8-19)24(22-12-11-21(29)17-23(22)30)31-26(34)27(35)32-33-13-5-4-6-14-33/h7-12,17H,4-6,13-16,18H2,1-3H3,(H,32,35). The largest absolute Gasteiger partial charge is 0.361 e. The summed E-state index contributed by atoms with van der Waals surface area (Å²) in [5.41, 5.74) is 5.91. The minimum Gasteiger partial charge on any atom is -0.361 e. The summed E-state index contributed by atoms with van der Waals surface area (Å²) in [6.07, 6.45) is 3.28. The molecule has 1 amide bonds. The summed E-state index contributed by atoms with van der Waals surface area (Å²) >= 11 is 19.0. The highest BCUT2D eigenvalue weighted by molar-refractivity contribution is 6.76. The van der Waals surface area contributed by atoms with E-state index in [1.54, 1.807) is 12.1 Å². The first kappa shape index (κ1) is 28.1. The van der Waals surface area contributed by atoms with Crippen LogP contribution in [0, 0.1) is 0 Å². The van der Waals surface area contributed by atoms with Gasteiger partial charge in [0.1, 0.15) is 6.73 Å². The van der Waals surface area contributed by atoms with E-state index in [9.17, 15) is 4.79 Å². The van der Waals surface area contributed by atoms with Gasteiger partial charge in [-0.1, -0.05) is 73.0 Å². The highest BCUT2D eigenvalue weighted by Gasteiger charge is 2.27. The van der Waals surface area contributed by atoms with E-state index in [1.807, 2.05) is 39.9 Å². The minimum atomic E-state index is -1.28. The van der Waals surface area contributed by atoms with Crippen LogP contribution < -0.4 is 5.43 Å². The molecule has 2 aromatic carbocycles. The zero-order valence-corrected chi connectivity index (χ0v) is 24.8. The second-order valence-corrected chi connectivity index (χ2v) is 17.4. The minimum absolute atomic E-state index is 0.184. The maximum Gasteiger partial charge on any atom is 0.301 e. The van der Waals surface area contributed by atoms with Crippen molar-refractivity contribution in [2.75, 3.05) is 19.7 Å². The zero-order valence-electron chi connectivity index (χ0n) is 21.5. The van der Waals surface area contributed by atoms with Gasteiger partial charge in [0.05, 0.1) is 16.4 Å². The molecule has 2 heterocycles. The van der Waals surface area contributed by atoms with E-state index in [4.69, 9.17) is 44.5 Å². The van der Waals surface area contributed by atoms with E-state index < -0.39 is 8.07 Å². The van der Waals surface area contributed by atoms with Crippen molar-refractivity contribution in [3.05, 3.63) is 63.4 Å². The van der Waals surface area contributed by atoms with Crippen molar-refractivity contribution in [3.8, 4) is 22.5 Å². The molecule has 1 N–H and O–H groups in total. The number of aromatic nitrogens is 2. The van der Waals surface area contributed by atoms with E-state index in [1.165, 1.54) is 6.42 Å². The second-order valence-electron chi connectivity index (χ2n) is 10.5. The molecular formula is C27H33Cl3N4O2Si. The summed E-state index contributed by atoms with van der Waals surface area (Å²) in [7, 11) is -1.28. The first-order valence-corrected chi connectivity index (χ1v) is 17.4. The number of imidazole rings is 1. The van der Waals surface area contributed by atoms with E-state index in [2.05, 4.69) is 25.1 Å². The molecular weight excluding hydrogens is 547 g/mol. The number of amides is 1. The van der Waals surface area contributed by atoms with Crippen LogP contribution in [0.5, 0.6) is 0 Å². The van der Waals surface area contributed by atoms with Crippen molar-refractivity contribution >= 4 is 48.8 Å². The van der Waals surface area contributed by atoms with Crippen LogP contribution in [-0.2, 0) is 11.5 Å². The molecule has 0 unspecified atom stereocenters. The van der Waals surface area contributed by atoms with Crippen molar-refractivity contribution in [1.29, 1.82) is 0 Å². The number of rotatable bonds is 9. The number of halogens is 3. The van der Waals surface area contributed by atoms with E-state index in [0.717, 1.165) is 43.2 Å². The Morgan fingerprint density at radius 3 is 2.32 bits per heavy atom. The maximum absolute atomic E-state index is 13.6. The summed E-state index contributed by atoms with van der Waals surface area (Å²) < 4.78 is 7.99. The number of nitrogens with zero attached hydrogens (tertiary/aromatic N) is 3. The summed E-state index contributed by atoms with van der Waals surface area (Å²) in [5, 5.41) is 3.57. The molecule has 4 rings (SSSR count). The highest BCUT2D eigenvalue weighted by atomic mass is 35.5. The lowest BCUT2D eigenvalue weighted by molar-refractivity contribution is 0.0669. The Balaban J connectivity index is 1.80. The number of hydrogen-bond acceptors (Lipinski definition) is 4. The average molecular weight is 580 g/mol. The number of carbonyl (C=O) groups excluding carboxylic acids is 1. The van der Waals surface area contributed by atoms with E-state index in [0.29, 0.717) is 32.9 Å². The van der Waals surface area contributed by atoms with Gasteiger partial charge in [-0.25, -0.2) is 9.99 Å². The molecule has 37 heavy (non-hydrogen) atoms. The van der Waals surface area contributed by atoms with Gasteiger partial charge in [0.15, 0.2) is 0 Å². The first-order chi connectivity index (χ1) is 17.6. The number of ether oxygens (including phenoxy) is 1. The summed E-state index contributed by atoms with van der Waals surface area (Å²) in [6.45, 7) is 9.36. The fraction of sp³-hybridized carbons (Fsp3) is 0.407. The number of piperidine rings is 1. The summed E-state index contributed by atoms with van der Waals surface area (Å²) in [4.78, 5) is 18.4. The Kier molecular flexibility index (Phi) is 9.37. The molecule has 1 aromatic heterocycles. The third-order valence-electron chi connectivity index (χ3n) is 6.31. The smallest absolute Gasteiger partial charge is 0.301 e. The van der Waals surface area contributed by atoms with Gasteiger partial charge in [-0.3, -0.25) is 14.8 Å². The monoisotopic (exact) mass is 578 g/mol. The molecule has 1 aliphatic heterocycles. The Morgan fingerprint density at radius 1 is 1.00 bits per heavy atom. The fourth-order valence-electron chi connectivity index (χ4n) is 4.26. The summed E-state index contributed by atoms with van der Waals surface area (Å²) in [5.74, 6) is -0.00760. The SMILES string of the molecule is C[Si](C)(C)CCOCn1c(C(=O)NN2CCCCC2)nc(-c2ccc(Cl)cc2Cl)c1-c1ccc(Cl)cc1. The molecule has 10 heteroatoms. The molecule has 6 nitrogen and oxygen atoms in total. The number of nitrogens with one attached hydrogen (secondary N) is 1. The number of hydrogen-bond donors (Lipinski definition) is 1. The lowest BCUT2D eigenvalue weighted by atomic mass is 10.0. The van der Waals surface area contributed by atoms with Crippen molar-refractivity contribution in [2.45, 2.75) is 51.7 Å². The lowest BCUT2D eigenvalue weighted by Crippen LogP contribution is -2.45. The highest BCUT2D eigenvalue weighted by Crippen LogP contribution is 2.38. The molecule has 0 spiro atoms. The van der Waals surface area contributed by atoms with E-state index >= 15 is 0 Å². The predicted octanol–water partition coefficient (Wildman–Crippen LogP) is 7.62. The lowest BCUT2D eigenvalue weighted by Gasteiger charge is -2.26. The van der Waals surface area contributed by atoms with Crippen molar-refractivity contribution < 1.29 is 9.53 Å². The van der Waals surface area contributed by atoms with Crippen LogP contribution in [-0.4, -0.2) is 48.2 Å². The molecule has 198 valence electrons. The Hall–Kier alpha value is -1.87. The van der Waals surface area contributed by atoms with Gasteiger partial charge in [0.2, 0.25) is 5.82 Å². The van der Waals surface area contributed by atoms with Gasteiger partial charge < -0.3 is 4.74 Å². The number of carbonyl (C=O) groups is 1. The van der Waals surface area contributed by atoms with Crippen molar-refractivity contribution in [1.82, 2.24) is 20.0 Å². The molecule has 1 aliphatic rings. The Morgan fingerprint density at radius 2 is 1.68 bits per heavy atom. The summed E-state index contributed by atoms with van der Waals surface area (Å²) in [6, 6.07) is 13.8. The molecule has 0 aliphatic carbocycles. The fourth-order valence-corrected chi connectivity index (χ4v) is 5.64. The second kappa shape index (κ2) is 12.3. The van der Waals surface area contributed by atoms with Gasteiger partial charge in [0, 0.05) is 48.9 Å². The number of benzene rings is 2. The van der Waals surface area contributed by atoms with Crippen LogP contribution in [0.3, 0.4) is 0 Å². The normalized spacial score (nSPS) is 14.6. The third-order valence-corrected chi connectivity index (χ3v) is 8.81. The average Bonchev–Trinajstić information content (AvgIpc) is 3.21. The van der Waals surface area contributed by atoms with Crippen LogP contribution in [0.1, 0.15) is 29.9 Å². The molecule has 0 radical (unpaired) electrons. The zero-order chi connectivity index (χ0) is 26.6. The Labute approximate surface area is 234 Å². The van der Waals surface area contributed by atoms with Crippen LogP contribution in [0.15, 0.2) is 42.5 Å². The van der Waals surface area contributed by atoms with Gasteiger partial charge in [-0.15, -0.1) is 0 Å². The van der Waals surface area contributed by atoms with Crippen molar-refractivity contribution in [2.24, 2.45) is 0 Å². The molecule has 0 atom stereocenters. The molecule has 0 saturated carbocycles. The molecule has 1 saturated heterocycles. The van der Waals surface area contributed by atoms with Gasteiger partial charge in [-0.2, -0.15) is 0 Å². The first-order valence-electron chi connectivity index (χ1n) is 12.6. The van der Waals surface area contributed by atoms with Gasteiger partial charge in [-0.05, 0) is 49.2 Å². The van der Waals surface area contributed by atoms with Crippen LogP contribution in [0.4, 0.5) is 0 Å². The van der Waals surface area contributed by atoms with Gasteiger partial charge >= 0.3 is 5.91 Å². The molecule has 1 fully saturated rings. The molecule has 0 bridgehead atoms. The van der Waals surface area contributed by atoms with E-state index in [-0.39, 0.29) is 18.5 Å². The van der Waals surface area contributed by atoms with Crippen molar-refractivity contribution in [3.63, 3.8) is 0 Å². The number of hydrazine groups is 1. The quantitative estimate of drug-likeness (QED) is 0.209. The predicted molar refractivity (Wildman–Crippen MR) is 155 cm³/mol. The third kappa shape index (κ3) is 7.37. The van der Waals surface area contributed by atoms with Crippen LogP contribution in [0.25, 0.3) is 22.5 Å². The van der Waals surface area contributed by atoms with Gasteiger partial charge in [0.25, 0.3) is 0 Å².